The first kappa shape index (κ1) is 70.3. The van der Waals surface area contributed by atoms with E-state index in [-0.39, 0.29) is 29.1 Å². The van der Waals surface area contributed by atoms with Gasteiger partial charge >= 0.3 is 31.5 Å². The summed E-state index contributed by atoms with van der Waals surface area (Å²) in [7, 11) is -0.670. The zero-order chi connectivity index (χ0) is 65.4. The number of imidazole rings is 2. The summed E-state index contributed by atoms with van der Waals surface area (Å²) in [5.74, 6) is 0.324. The minimum atomic E-state index is -0.928. The predicted molar refractivity (Wildman–Crippen MR) is 342 cm³/mol. The van der Waals surface area contributed by atoms with Crippen molar-refractivity contribution in [3.63, 3.8) is 0 Å². The van der Waals surface area contributed by atoms with Crippen LogP contribution in [0.5, 0.6) is 0 Å². The highest BCUT2D eigenvalue weighted by Gasteiger charge is 2.52. The van der Waals surface area contributed by atoms with Crippen LogP contribution in [0.3, 0.4) is 0 Å². The molecule has 26 heteroatoms. The molecule has 9 rings (SSSR count). The number of ether oxygens (including phenoxy) is 4. The number of aryl methyl sites for hydroxylation is 2. The summed E-state index contributed by atoms with van der Waals surface area (Å²) in [5.41, 5.74) is 0.801. The van der Waals surface area contributed by atoms with Gasteiger partial charge in [0.25, 0.3) is 0 Å². The highest BCUT2D eigenvalue weighted by molar-refractivity contribution is 6.62. The Kier molecular flexibility index (Phi) is 21.1. The topological polar surface area (TPSA) is 217 Å². The molecule has 20 nitrogen and oxygen atoms in total. The molecule has 89 heavy (non-hydrogen) atoms. The summed E-state index contributed by atoms with van der Waals surface area (Å²) < 4.78 is 65.1. The molecule has 1 aliphatic rings. The summed E-state index contributed by atoms with van der Waals surface area (Å²) in [6.45, 7) is 31.8. The van der Waals surface area contributed by atoms with Crippen molar-refractivity contribution in [2.75, 3.05) is 9.80 Å². The molecule has 4 amide bonds. The second kappa shape index (κ2) is 26.7. The maximum Gasteiger partial charge on any atom is 0.495 e. The molecule has 0 bridgehead atoms. The Hall–Kier alpha value is -7.83. The van der Waals surface area contributed by atoms with E-state index in [1.807, 2.05) is 34.6 Å². The van der Waals surface area contributed by atoms with Crippen molar-refractivity contribution >= 4 is 106 Å². The molecule has 7 heterocycles. The Morgan fingerprint density at radius 1 is 0.517 bits per heavy atom. The summed E-state index contributed by atoms with van der Waals surface area (Å²) in [5, 5.41) is 0.457. The van der Waals surface area contributed by atoms with Crippen LogP contribution in [0.25, 0.3) is 45.0 Å². The predicted octanol–water partition coefficient (Wildman–Crippen LogP) is 16.1. The van der Waals surface area contributed by atoms with Crippen molar-refractivity contribution in [3.8, 4) is 22.6 Å². The standard InChI is InChI=1S/C28H29ClFN5O4.C21H33BN2O6.C13H8Cl2FN3.CH4/c1-16-32-22-11-10-21(33-24(22)34(16)18-8-9-19(29)20(30)15-18)17-12-13-31-23(14-17)35(25(36)38-27(2,3)4)26(37)39-28(5,6)7;1-18(2,3)27-16(25)24(17(26)28-19(4,5)6)15-13-14(11-12-23-15)22-29-20(7,8)21(9,10)30-22;1-7-17-11-4-5-12(15)18-13(11)19(7)8-2-3-9(14)10(16)6-8;/h8-15H,1-7H3;11-13H,1-10H3;2-6H,1H3;1H4. The molecule has 0 atom stereocenters. The second-order valence-electron chi connectivity index (χ2n) is 25.2. The van der Waals surface area contributed by atoms with E-state index in [1.165, 1.54) is 42.7 Å². The number of benzene rings is 2. The highest BCUT2D eigenvalue weighted by atomic mass is 35.5. The maximum absolute atomic E-state index is 14.2. The number of fused-ring (bicyclic) bond motifs is 2. The van der Waals surface area contributed by atoms with Gasteiger partial charge in [-0.25, -0.2) is 57.9 Å². The number of amides is 4. The lowest BCUT2D eigenvalue weighted by atomic mass is 9.79. The molecule has 8 aromatic rings. The van der Waals surface area contributed by atoms with Gasteiger partial charge in [0, 0.05) is 18.0 Å². The largest absolute Gasteiger partial charge is 0.495 e. The van der Waals surface area contributed by atoms with Gasteiger partial charge in [-0.1, -0.05) is 42.2 Å². The normalized spacial score (nSPS) is 13.7. The van der Waals surface area contributed by atoms with Gasteiger partial charge in [0.2, 0.25) is 0 Å². The van der Waals surface area contributed by atoms with Crippen LogP contribution in [-0.4, -0.2) is 104 Å². The molecule has 0 N–H and O–H groups in total. The van der Waals surface area contributed by atoms with Crippen molar-refractivity contribution in [2.24, 2.45) is 0 Å². The van der Waals surface area contributed by atoms with E-state index >= 15 is 0 Å². The number of rotatable bonds is 6. The van der Waals surface area contributed by atoms with Crippen LogP contribution in [0.2, 0.25) is 15.2 Å². The minimum Gasteiger partial charge on any atom is -0.443 e. The van der Waals surface area contributed by atoms with Crippen LogP contribution in [0.15, 0.2) is 97.3 Å². The summed E-state index contributed by atoms with van der Waals surface area (Å²) in [6, 6.07) is 22.5. The van der Waals surface area contributed by atoms with Crippen LogP contribution >= 0.6 is 34.8 Å². The van der Waals surface area contributed by atoms with E-state index in [0.717, 1.165) is 9.80 Å². The minimum absolute atomic E-state index is 0. The van der Waals surface area contributed by atoms with Gasteiger partial charge in [-0.2, -0.15) is 9.80 Å². The van der Waals surface area contributed by atoms with Crippen LogP contribution in [-0.2, 0) is 28.3 Å². The SMILES string of the molecule is C.CC(C)(C)OC(=O)N(C(=O)OC(C)(C)C)c1cc(B2OC(C)(C)C(C)(C)O2)ccn1.Cc1nc2ccc(-c3ccnc(N(C(=O)OC(C)(C)C)C(=O)OC(C)(C)C)c3)nc2n1-c1ccc(Cl)c(F)c1.Cc1nc2ccc(Cl)nc2n1-c1ccc(Cl)c(F)c1. The number of pyridine rings is 4. The third-order valence-electron chi connectivity index (χ3n) is 12.7. The van der Waals surface area contributed by atoms with E-state index < -0.39 is 76.7 Å². The van der Waals surface area contributed by atoms with Gasteiger partial charge in [-0.15, -0.1) is 0 Å². The number of hydrogen-bond donors (Lipinski definition) is 0. The quantitative estimate of drug-likeness (QED) is 0.0859. The summed E-state index contributed by atoms with van der Waals surface area (Å²) in [4.78, 5) is 79.7. The molecular formula is C63H74BCl3F2N10O10. The zero-order valence-electron chi connectivity index (χ0n) is 52.3. The van der Waals surface area contributed by atoms with Crippen molar-refractivity contribution in [1.82, 2.24) is 39.0 Å². The molecule has 1 aliphatic heterocycles. The van der Waals surface area contributed by atoms with E-state index in [1.54, 1.807) is 154 Å². The lowest BCUT2D eigenvalue weighted by molar-refractivity contribution is 0.00578. The number of carbonyl (C=O) groups is 4. The average molecular weight is 1290 g/mol. The fourth-order valence-electron chi connectivity index (χ4n) is 8.28. The lowest BCUT2D eigenvalue weighted by Crippen LogP contribution is -2.45. The number of aromatic nitrogens is 8. The third-order valence-corrected chi connectivity index (χ3v) is 13.6. The van der Waals surface area contributed by atoms with Gasteiger partial charge in [-0.3, -0.25) is 9.13 Å². The first-order valence-corrected chi connectivity index (χ1v) is 28.8. The number of anilines is 2. The van der Waals surface area contributed by atoms with E-state index in [9.17, 15) is 28.0 Å². The molecule has 6 aromatic heterocycles. The zero-order valence-corrected chi connectivity index (χ0v) is 54.5. The van der Waals surface area contributed by atoms with Crippen LogP contribution in [0.4, 0.5) is 39.6 Å². The molecule has 0 unspecified atom stereocenters. The Morgan fingerprint density at radius 3 is 1.30 bits per heavy atom. The Balaban J connectivity index is 0.000000224. The molecule has 474 valence electrons. The van der Waals surface area contributed by atoms with Crippen LogP contribution in [0, 0.1) is 25.5 Å². The van der Waals surface area contributed by atoms with E-state index in [0.29, 0.717) is 67.2 Å². The van der Waals surface area contributed by atoms with Crippen molar-refractivity contribution in [3.05, 3.63) is 136 Å². The molecule has 0 radical (unpaired) electrons. The number of hydrogen-bond acceptors (Lipinski definition) is 16. The molecule has 0 aliphatic carbocycles. The van der Waals surface area contributed by atoms with Gasteiger partial charge in [0.1, 0.15) is 73.5 Å². The van der Waals surface area contributed by atoms with Gasteiger partial charge in [0.05, 0.1) is 38.3 Å². The Morgan fingerprint density at radius 2 is 0.899 bits per heavy atom. The first-order valence-electron chi connectivity index (χ1n) is 27.7. The van der Waals surface area contributed by atoms with Crippen LogP contribution in [0.1, 0.15) is 130 Å². The number of nitrogens with zero attached hydrogens (tertiary/aromatic N) is 10. The van der Waals surface area contributed by atoms with Gasteiger partial charge in [-0.05, 0) is 215 Å². The van der Waals surface area contributed by atoms with E-state index in [4.69, 9.17) is 68.0 Å². The lowest BCUT2D eigenvalue weighted by Gasteiger charge is -2.32. The Bertz CT molecular complexity index is 3880. The number of imide groups is 2. The monoisotopic (exact) mass is 1280 g/mol. The molecule has 2 aromatic carbocycles. The fraction of sp³-hybridized carbons (Fsp3) is 0.397. The van der Waals surface area contributed by atoms with Gasteiger partial charge in [0.15, 0.2) is 11.3 Å². The third kappa shape index (κ3) is 17.5. The Labute approximate surface area is 532 Å². The van der Waals surface area contributed by atoms with Crippen LogP contribution < -0.4 is 15.3 Å². The molecule has 1 saturated heterocycles. The molecule has 0 spiro atoms. The van der Waals surface area contributed by atoms with Crippen molar-refractivity contribution in [1.29, 1.82) is 0 Å². The second-order valence-corrected chi connectivity index (χ2v) is 26.4. The summed E-state index contributed by atoms with van der Waals surface area (Å²) in [6.07, 6.45) is -0.676. The molecular weight excluding hydrogens is 1210 g/mol. The van der Waals surface area contributed by atoms with Crippen molar-refractivity contribution < 1.29 is 56.2 Å². The fourth-order valence-corrected chi connectivity index (χ4v) is 8.66. The van der Waals surface area contributed by atoms with Gasteiger partial charge < -0.3 is 28.3 Å². The maximum atomic E-state index is 14.2. The van der Waals surface area contributed by atoms with Crippen molar-refractivity contribution in [2.45, 2.75) is 166 Å². The summed E-state index contributed by atoms with van der Waals surface area (Å²) >= 11 is 17.5. The molecule has 0 saturated carbocycles. The smallest absolute Gasteiger partial charge is 0.443 e. The van der Waals surface area contributed by atoms with E-state index in [2.05, 4.69) is 24.9 Å². The average Bonchev–Trinajstić information content (AvgIpc) is 1.71. The number of halogens is 5. The number of carbonyl (C=O) groups excluding carboxylic acids is 4. The first-order chi connectivity index (χ1) is 40.6. The highest BCUT2D eigenvalue weighted by Crippen LogP contribution is 2.37. The molecule has 1 fully saturated rings.